The highest BCUT2D eigenvalue weighted by Gasteiger charge is 2.30. The zero-order chi connectivity index (χ0) is 19.6. The summed E-state index contributed by atoms with van der Waals surface area (Å²) in [5, 5.41) is 5.77. The lowest BCUT2D eigenvalue weighted by Gasteiger charge is -2.31. The summed E-state index contributed by atoms with van der Waals surface area (Å²) in [5.74, 6) is -0.150. The van der Waals surface area contributed by atoms with Crippen molar-refractivity contribution in [1.29, 1.82) is 0 Å². The number of rotatable bonds is 6. The fourth-order valence-electron chi connectivity index (χ4n) is 3.02. The minimum Gasteiger partial charge on any atom is -0.359 e. The number of carbonyl (C=O) groups is 1. The van der Waals surface area contributed by atoms with E-state index in [1.807, 2.05) is 0 Å². The van der Waals surface area contributed by atoms with Crippen molar-refractivity contribution in [3.8, 4) is 0 Å². The SMILES string of the molecule is O=C(c1ccccn1)c1cnc(NC2CCN(S(=O)(=O)c3cccs3)CC2)s1. The highest BCUT2D eigenvalue weighted by Crippen LogP contribution is 2.27. The molecule has 10 heteroatoms. The van der Waals surface area contributed by atoms with E-state index in [0.717, 1.165) is 0 Å². The van der Waals surface area contributed by atoms with Crippen LogP contribution < -0.4 is 5.32 Å². The number of thiophene rings is 1. The monoisotopic (exact) mass is 434 g/mol. The third kappa shape index (κ3) is 4.00. The van der Waals surface area contributed by atoms with Gasteiger partial charge in [-0.3, -0.25) is 9.78 Å². The molecule has 0 bridgehead atoms. The number of ketones is 1. The van der Waals surface area contributed by atoms with Crippen LogP contribution in [0.2, 0.25) is 0 Å². The summed E-state index contributed by atoms with van der Waals surface area (Å²) in [6, 6.07) is 8.73. The molecule has 4 rings (SSSR count). The Hall–Kier alpha value is -2.14. The topological polar surface area (TPSA) is 92.3 Å². The highest BCUT2D eigenvalue weighted by atomic mass is 32.2. The van der Waals surface area contributed by atoms with Gasteiger partial charge in [0, 0.05) is 25.3 Å². The van der Waals surface area contributed by atoms with E-state index in [2.05, 4.69) is 15.3 Å². The van der Waals surface area contributed by atoms with E-state index >= 15 is 0 Å². The van der Waals surface area contributed by atoms with E-state index in [1.165, 1.54) is 27.0 Å². The molecule has 1 aliphatic heterocycles. The molecule has 0 spiro atoms. The molecule has 4 heterocycles. The Morgan fingerprint density at radius 3 is 2.64 bits per heavy atom. The van der Waals surface area contributed by atoms with Crippen LogP contribution in [0, 0.1) is 0 Å². The van der Waals surface area contributed by atoms with Gasteiger partial charge >= 0.3 is 0 Å². The van der Waals surface area contributed by atoms with Gasteiger partial charge in [-0.05, 0) is 36.4 Å². The summed E-state index contributed by atoms with van der Waals surface area (Å²) in [5.41, 5.74) is 0.393. The Bertz CT molecular complexity index is 1040. The maximum atomic E-state index is 12.6. The van der Waals surface area contributed by atoms with Crippen molar-refractivity contribution in [3.05, 3.63) is 58.7 Å². The predicted octanol–water partition coefficient (Wildman–Crippen LogP) is 3.10. The van der Waals surface area contributed by atoms with Crippen LogP contribution in [0.4, 0.5) is 5.13 Å². The van der Waals surface area contributed by atoms with Gasteiger partial charge in [0.25, 0.3) is 10.0 Å². The summed E-state index contributed by atoms with van der Waals surface area (Å²) in [7, 11) is -3.39. The second-order valence-electron chi connectivity index (χ2n) is 6.33. The lowest BCUT2D eigenvalue weighted by Crippen LogP contribution is -2.42. The quantitative estimate of drug-likeness (QED) is 0.600. The molecule has 0 amide bonds. The van der Waals surface area contributed by atoms with Gasteiger partial charge in [-0.15, -0.1) is 11.3 Å². The molecule has 1 N–H and O–H groups in total. The van der Waals surface area contributed by atoms with Crippen LogP contribution in [-0.4, -0.2) is 47.6 Å². The Labute approximate surface area is 171 Å². The zero-order valence-electron chi connectivity index (χ0n) is 14.8. The van der Waals surface area contributed by atoms with Gasteiger partial charge < -0.3 is 5.32 Å². The Balaban J connectivity index is 1.36. The maximum absolute atomic E-state index is 12.6. The number of aromatic nitrogens is 2. The van der Waals surface area contributed by atoms with E-state index in [4.69, 9.17) is 0 Å². The van der Waals surface area contributed by atoms with Gasteiger partial charge in [0.15, 0.2) is 5.13 Å². The lowest BCUT2D eigenvalue weighted by molar-refractivity contribution is 0.103. The molecule has 3 aromatic heterocycles. The predicted molar refractivity (Wildman–Crippen MR) is 110 cm³/mol. The Morgan fingerprint density at radius 2 is 1.96 bits per heavy atom. The number of nitrogens with zero attached hydrogens (tertiary/aromatic N) is 3. The molecule has 1 fully saturated rings. The van der Waals surface area contributed by atoms with Crippen LogP contribution in [0.1, 0.15) is 28.2 Å². The van der Waals surface area contributed by atoms with Gasteiger partial charge in [-0.25, -0.2) is 13.4 Å². The average molecular weight is 435 g/mol. The first-order valence-corrected chi connectivity index (χ1v) is 11.9. The summed E-state index contributed by atoms with van der Waals surface area (Å²) in [4.78, 5) is 21.3. The Kier molecular flexibility index (Phi) is 5.54. The number of hydrogen-bond donors (Lipinski definition) is 1. The van der Waals surface area contributed by atoms with E-state index < -0.39 is 10.0 Å². The molecule has 0 saturated carbocycles. The molecular weight excluding hydrogens is 416 g/mol. The van der Waals surface area contributed by atoms with Crippen LogP contribution in [0.15, 0.2) is 52.3 Å². The van der Waals surface area contributed by atoms with E-state index in [9.17, 15) is 13.2 Å². The van der Waals surface area contributed by atoms with Crippen molar-refractivity contribution in [1.82, 2.24) is 14.3 Å². The van der Waals surface area contributed by atoms with E-state index in [1.54, 1.807) is 48.1 Å². The second-order valence-corrected chi connectivity index (χ2v) is 10.5. The maximum Gasteiger partial charge on any atom is 0.252 e. The number of anilines is 1. The minimum atomic E-state index is -3.39. The summed E-state index contributed by atoms with van der Waals surface area (Å²) in [6.07, 6.45) is 4.52. The number of sulfonamides is 1. The first-order valence-electron chi connectivity index (χ1n) is 8.76. The molecular formula is C18H18N4O3S3. The largest absolute Gasteiger partial charge is 0.359 e. The van der Waals surface area contributed by atoms with Crippen molar-refractivity contribution in [2.75, 3.05) is 18.4 Å². The van der Waals surface area contributed by atoms with E-state index in [0.29, 0.717) is 45.8 Å². The van der Waals surface area contributed by atoms with Gasteiger partial charge in [-0.1, -0.05) is 23.5 Å². The number of thiazole rings is 1. The van der Waals surface area contributed by atoms with Gasteiger partial charge in [0.2, 0.25) is 5.78 Å². The van der Waals surface area contributed by atoms with Crippen molar-refractivity contribution >= 4 is 43.6 Å². The first kappa shape index (κ1) is 19.2. The molecule has 146 valence electrons. The fourth-order valence-corrected chi connectivity index (χ4v) is 6.48. The normalized spacial score (nSPS) is 16.1. The molecule has 0 aromatic carbocycles. The highest BCUT2D eigenvalue weighted by molar-refractivity contribution is 7.91. The molecule has 0 atom stereocenters. The molecule has 3 aromatic rings. The van der Waals surface area contributed by atoms with Crippen LogP contribution in [0.5, 0.6) is 0 Å². The van der Waals surface area contributed by atoms with Crippen LogP contribution in [-0.2, 0) is 10.0 Å². The molecule has 0 unspecified atom stereocenters. The van der Waals surface area contributed by atoms with Crippen molar-refractivity contribution in [2.45, 2.75) is 23.1 Å². The number of piperidine rings is 1. The van der Waals surface area contributed by atoms with Gasteiger partial charge in [0.05, 0.1) is 11.1 Å². The third-order valence-electron chi connectivity index (χ3n) is 4.50. The summed E-state index contributed by atoms with van der Waals surface area (Å²) >= 11 is 2.53. The van der Waals surface area contributed by atoms with Crippen molar-refractivity contribution in [2.24, 2.45) is 0 Å². The van der Waals surface area contributed by atoms with Crippen LogP contribution >= 0.6 is 22.7 Å². The van der Waals surface area contributed by atoms with Gasteiger partial charge in [0.1, 0.15) is 9.90 Å². The second kappa shape index (κ2) is 8.08. The standard InChI is InChI=1S/C18H18N4O3S3/c23-17(14-4-1-2-8-19-14)15-12-20-18(27-15)21-13-6-9-22(10-7-13)28(24,25)16-5-3-11-26-16/h1-5,8,11-13H,6-7,9-10H2,(H,20,21). The number of hydrogen-bond acceptors (Lipinski definition) is 8. The number of pyridine rings is 1. The van der Waals surface area contributed by atoms with E-state index in [-0.39, 0.29) is 11.8 Å². The number of nitrogens with one attached hydrogen (secondary N) is 1. The smallest absolute Gasteiger partial charge is 0.252 e. The first-order chi connectivity index (χ1) is 13.5. The van der Waals surface area contributed by atoms with Gasteiger partial charge in [-0.2, -0.15) is 4.31 Å². The van der Waals surface area contributed by atoms with Crippen LogP contribution in [0.3, 0.4) is 0 Å². The lowest BCUT2D eigenvalue weighted by atomic mass is 10.1. The minimum absolute atomic E-state index is 0.124. The Morgan fingerprint density at radius 1 is 1.14 bits per heavy atom. The van der Waals surface area contributed by atoms with Crippen LogP contribution in [0.25, 0.3) is 0 Å². The molecule has 0 aliphatic carbocycles. The number of carbonyl (C=O) groups excluding carboxylic acids is 1. The van der Waals surface area contributed by atoms with Crippen molar-refractivity contribution in [3.63, 3.8) is 0 Å². The zero-order valence-corrected chi connectivity index (χ0v) is 17.3. The average Bonchev–Trinajstić information content (AvgIpc) is 3.41. The van der Waals surface area contributed by atoms with Crippen molar-refractivity contribution < 1.29 is 13.2 Å². The molecule has 7 nitrogen and oxygen atoms in total. The fraction of sp³-hybridized carbons (Fsp3) is 0.278. The molecule has 1 aliphatic rings. The third-order valence-corrected chi connectivity index (χ3v) is 8.70. The molecule has 1 saturated heterocycles. The molecule has 0 radical (unpaired) electrons. The molecule has 28 heavy (non-hydrogen) atoms. The summed E-state index contributed by atoms with van der Waals surface area (Å²) < 4.78 is 27.1. The summed E-state index contributed by atoms with van der Waals surface area (Å²) in [6.45, 7) is 0.923.